The van der Waals surface area contributed by atoms with Gasteiger partial charge in [0, 0.05) is 44.0 Å². The fourth-order valence-electron chi connectivity index (χ4n) is 3.39. The molecule has 0 aromatic heterocycles. The van der Waals surface area contributed by atoms with E-state index >= 15 is 0 Å². The van der Waals surface area contributed by atoms with Gasteiger partial charge in [0.2, 0.25) is 0 Å². The number of hydrogen-bond donors (Lipinski definition) is 0. The molecule has 3 rings (SSSR count). The van der Waals surface area contributed by atoms with Crippen molar-refractivity contribution in [2.45, 2.75) is 20.4 Å². The van der Waals surface area contributed by atoms with Crippen molar-refractivity contribution in [2.75, 3.05) is 37.7 Å². The van der Waals surface area contributed by atoms with Gasteiger partial charge < -0.3 is 9.64 Å². The second-order valence-corrected chi connectivity index (χ2v) is 6.69. The van der Waals surface area contributed by atoms with Gasteiger partial charge in [-0.1, -0.05) is 43.0 Å². The van der Waals surface area contributed by atoms with E-state index in [9.17, 15) is 0 Å². The monoisotopic (exact) mass is 336 g/mol. The van der Waals surface area contributed by atoms with Gasteiger partial charge >= 0.3 is 0 Å². The van der Waals surface area contributed by atoms with Gasteiger partial charge in [-0.2, -0.15) is 0 Å². The Labute approximate surface area is 151 Å². The second-order valence-electron chi connectivity index (χ2n) is 6.69. The third-order valence-electron chi connectivity index (χ3n) is 5.01. The van der Waals surface area contributed by atoms with Crippen LogP contribution in [0.25, 0.3) is 0 Å². The first-order valence-corrected chi connectivity index (χ1v) is 9.04. The molecule has 1 aliphatic heterocycles. The Morgan fingerprint density at radius 1 is 1.00 bits per heavy atom. The lowest BCUT2D eigenvalue weighted by molar-refractivity contribution is 0.244. The van der Waals surface area contributed by atoms with E-state index < -0.39 is 0 Å². The Balaban J connectivity index is 1.62. The number of ether oxygens (including phenoxy) is 1. The highest BCUT2D eigenvalue weighted by Crippen LogP contribution is 2.25. The lowest BCUT2D eigenvalue weighted by Crippen LogP contribution is -2.46. The highest BCUT2D eigenvalue weighted by atomic mass is 16.5. The summed E-state index contributed by atoms with van der Waals surface area (Å²) in [5.41, 5.74) is 5.41. The maximum Gasteiger partial charge on any atom is 0.124 e. The quantitative estimate of drug-likeness (QED) is 0.736. The third kappa shape index (κ3) is 4.23. The SMILES string of the molecule is C=CCOc1ccccc1CN1CCN(c2cccc(C)c2C)CC1. The van der Waals surface area contributed by atoms with Crippen LogP contribution in [0.4, 0.5) is 5.69 Å². The average Bonchev–Trinajstić information content (AvgIpc) is 2.64. The van der Waals surface area contributed by atoms with Crippen LogP contribution in [0, 0.1) is 13.8 Å². The lowest BCUT2D eigenvalue weighted by atomic mass is 10.1. The number of hydrogen-bond acceptors (Lipinski definition) is 3. The predicted molar refractivity (Wildman–Crippen MR) is 106 cm³/mol. The molecule has 1 heterocycles. The molecule has 0 aliphatic carbocycles. The first kappa shape index (κ1) is 17.6. The van der Waals surface area contributed by atoms with Gasteiger partial charge in [0.25, 0.3) is 0 Å². The van der Waals surface area contributed by atoms with Gasteiger partial charge in [-0.15, -0.1) is 0 Å². The van der Waals surface area contributed by atoms with Gasteiger partial charge in [0.05, 0.1) is 0 Å². The van der Waals surface area contributed by atoms with Crippen molar-refractivity contribution >= 4 is 5.69 Å². The van der Waals surface area contributed by atoms with Crippen LogP contribution in [-0.4, -0.2) is 37.7 Å². The van der Waals surface area contributed by atoms with Crippen molar-refractivity contribution in [2.24, 2.45) is 0 Å². The molecule has 1 fully saturated rings. The summed E-state index contributed by atoms with van der Waals surface area (Å²) < 4.78 is 5.79. The Bertz CT molecular complexity index is 718. The van der Waals surface area contributed by atoms with Crippen LogP contribution in [0.1, 0.15) is 16.7 Å². The van der Waals surface area contributed by atoms with Crippen molar-refractivity contribution in [3.63, 3.8) is 0 Å². The van der Waals surface area contributed by atoms with E-state index in [1.807, 2.05) is 12.1 Å². The molecule has 0 unspecified atom stereocenters. The molecule has 0 bridgehead atoms. The fourth-order valence-corrected chi connectivity index (χ4v) is 3.39. The highest BCUT2D eigenvalue weighted by Gasteiger charge is 2.19. The minimum absolute atomic E-state index is 0.553. The van der Waals surface area contributed by atoms with E-state index in [1.165, 1.54) is 22.4 Å². The normalized spacial score (nSPS) is 15.2. The number of benzene rings is 2. The molecule has 0 radical (unpaired) electrons. The summed E-state index contributed by atoms with van der Waals surface area (Å²) in [5, 5.41) is 0. The van der Waals surface area contributed by atoms with Gasteiger partial charge in [-0.25, -0.2) is 0 Å². The van der Waals surface area contributed by atoms with Gasteiger partial charge in [-0.3, -0.25) is 4.90 Å². The summed E-state index contributed by atoms with van der Waals surface area (Å²) in [7, 11) is 0. The number of anilines is 1. The first-order valence-electron chi connectivity index (χ1n) is 9.04. The summed E-state index contributed by atoms with van der Waals surface area (Å²) >= 11 is 0. The number of para-hydroxylation sites is 1. The predicted octanol–water partition coefficient (Wildman–Crippen LogP) is 4.19. The van der Waals surface area contributed by atoms with E-state index in [-0.39, 0.29) is 0 Å². The van der Waals surface area contributed by atoms with Crippen LogP contribution < -0.4 is 9.64 Å². The lowest BCUT2D eigenvalue weighted by Gasteiger charge is -2.37. The van der Waals surface area contributed by atoms with E-state index in [0.29, 0.717) is 6.61 Å². The molecule has 0 saturated carbocycles. The Kier molecular flexibility index (Phi) is 5.77. The van der Waals surface area contributed by atoms with Crippen LogP contribution in [0.3, 0.4) is 0 Å². The van der Waals surface area contributed by atoms with Gasteiger partial charge in [-0.05, 0) is 37.1 Å². The molecule has 1 saturated heterocycles. The number of nitrogens with zero attached hydrogens (tertiary/aromatic N) is 2. The van der Waals surface area contributed by atoms with Crippen molar-refractivity contribution in [3.05, 3.63) is 71.8 Å². The minimum atomic E-state index is 0.553. The Morgan fingerprint density at radius 3 is 2.52 bits per heavy atom. The molecular weight excluding hydrogens is 308 g/mol. The van der Waals surface area contributed by atoms with Crippen LogP contribution >= 0.6 is 0 Å². The van der Waals surface area contributed by atoms with E-state index in [1.54, 1.807) is 6.08 Å². The highest BCUT2D eigenvalue weighted by molar-refractivity contribution is 5.56. The van der Waals surface area contributed by atoms with E-state index in [4.69, 9.17) is 4.74 Å². The zero-order valence-corrected chi connectivity index (χ0v) is 15.4. The van der Waals surface area contributed by atoms with Crippen molar-refractivity contribution in [3.8, 4) is 5.75 Å². The molecule has 0 atom stereocenters. The molecule has 2 aromatic carbocycles. The maximum absolute atomic E-state index is 5.79. The second kappa shape index (κ2) is 8.21. The summed E-state index contributed by atoms with van der Waals surface area (Å²) in [6.07, 6.45) is 1.79. The van der Waals surface area contributed by atoms with Crippen LogP contribution in [-0.2, 0) is 6.54 Å². The van der Waals surface area contributed by atoms with E-state index in [0.717, 1.165) is 38.5 Å². The molecule has 0 amide bonds. The zero-order chi connectivity index (χ0) is 17.6. The molecule has 25 heavy (non-hydrogen) atoms. The van der Waals surface area contributed by atoms with Crippen LogP contribution in [0.15, 0.2) is 55.1 Å². The molecular formula is C22H28N2O. The van der Waals surface area contributed by atoms with Gasteiger partial charge in [0.1, 0.15) is 12.4 Å². The fraction of sp³-hybridized carbons (Fsp3) is 0.364. The van der Waals surface area contributed by atoms with Crippen LogP contribution in [0.5, 0.6) is 5.75 Å². The topological polar surface area (TPSA) is 15.7 Å². The summed E-state index contributed by atoms with van der Waals surface area (Å²) in [4.78, 5) is 5.02. The molecule has 132 valence electrons. The average molecular weight is 336 g/mol. The van der Waals surface area contributed by atoms with Crippen molar-refractivity contribution in [1.82, 2.24) is 4.90 Å². The van der Waals surface area contributed by atoms with Crippen LogP contribution in [0.2, 0.25) is 0 Å². The molecule has 0 N–H and O–H groups in total. The first-order chi connectivity index (χ1) is 12.2. The number of rotatable bonds is 6. The third-order valence-corrected chi connectivity index (χ3v) is 5.01. The molecule has 2 aromatic rings. The molecule has 3 heteroatoms. The van der Waals surface area contributed by atoms with Gasteiger partial charge in [0.15, 0.2) is 0 Å². The standard InChI is InChI=1S/C22H28N2O/c1-4-16-25-22-11-6-5-9-20(22)17-23-12-14-24(15-13-23)21-10-7-8-18(2)19(21)3/h4-11H,1,12-17H2,2-3H3. The largest absolute Gasteiger partial charge is 0.489 e. The molecule has 0 spiro atoms. The molecule has 1 aliphatic rings. The van der Waals surface area contributed by atoms with Crippen molar-refractivity contribution < 1.29 is 4.74 Å². The number of piperazine rings is 1. The van der Waals surface area contributed by atoms with E-state index in [2.05, 4.69) is 60.6 Å². The summed E-state index contributed by atoms with van der Waals surface area (Å²) in [6.45, 7) is 13.9. The summed E-state index contributed by atoms with van der Waals surface area (Å²) in [5.74, 6) is 0.972. The Hall–Kier alpha value is -2.26. The molecule has 3 nitrogen and oxygen atoms in total. The number of aryl methyl sites for hydroxylation is 1. The minimum Gasteiger partial charge on any atom is -0.489 e. The maximum atomic E-state index is 5.79. The zero-order valence-electron chi connectivity index (χ0n) is 15.4. The smallest absolute Gasteiger partial charge is 0.124 e. The van der Waals surface area contributed by atoms with Crippen molar-refractivity contribution in [1.29, 1.82) is 0 Å². The Morgan fingerprint density at radius 2 is 1.76 bits per heavy atom. The summed E-state index contributed by atoms with van der Waals surface area (Å²) in [6, 6.07) is 14.9.